The molecule has 2 aromatic carbocycles. The number of hydrogen-bond acceptors (Lipinski definition) is 5. The van der Waals surface area contributed by atoms with Crippen molar-refractivity contribution in [3.05, 3.63) is 70.5 Å². The molecule has 1 N–H and O–H groups in total. The van der Waals surface area contributed by atoms with E-state index in [1.54, 1.807) is 43.3 Å². The Labute approximate surface area is 184 Å². The minimum atomic E-state index is -3.45. The summed E-state index contributed by atoms with van der Waals surface area (Å²) < 4.78 is 39.8. The van der Waals surface area contributed by atoms with Crippen LogP contribution in [0.3, 0.4) is 0 Å². The monoisotopic (exact) mass is 459 g/mol. The summed E-state index contributed by atoms with van der Waals surface area (Å²) in [4.78, 5) is 17.8. The average Bonchev–Trinajstić information content (AvgIpc) is 3.43. The van der Waals surface area contributed by atoms with Crippen molar-refractivity contribution in [2.24, 2.45) is 0 Å². The van der Waals surface area contributed by atoms with Gasteiger partial charge in [-0.3, -0.25) is 4.79 Å². The molecule has 1 amide bonds. The Morgan fingerprint density at radius 3 is 2.39 bits per heavy atom. The van der Waals surface area contributed by atoms with Gasteiger partial charge in [-0.05, 0) is 61.7 Å². The van der Waals surface area contributed by atoms with Crippen LogP contribution in [0.15, 0.2) is 53.4 Å². The summed E-state index contributed by atoms with van der Waals surface area (Å²) in [5.74, 6) is -0.577. The maximum Gasteiger partial charge on any atom is 0.263 e. The third-order valence-corrected chi connectivity index (χ3v) is 8.29. The van der Waals surface area contributed by atoms with E-state index in [0.29, 0.717) is 28.7 Å². The number of carbonyl (C=O) groups excluding carboxylic acids is 1. The molecule has 0 bridgehead atoms. The smallest absolute Gasteiger partial charge is 0.263 e. The van der Waals surface area contributed by atoms with E-state index in [2.05, 4.69) is 10.3 Å². The molecular weight excluding hydrogens is 437 g/mol. The summed E-state index contributed by atoms with van der Waals surface area (Å²) in [6.45, 7) is 3.16. The van der Waals surface area contributed by atoms with E-state index in [1.165, 1.54) is 27.8 Å². The van der Waals surface area contributed by atoms with Gasteiger partial charge in [-0.1, -0.05) is 12.1 Å². The van der Waals surface area contributed by atoms with Crippen LogP contribution < -0.4 is 5.32 Å². The molecule has 0 spiro atoms. The first-order valence-electron chi connectivity index (χ1n) is 9.95. The fraction of sp³-hybridized carbons (Fsp3) is 0.273. The van der Waals surface area contributed by atoms with Gasteiger partial charge >= 0.3 is 0 Å². The molecule has 9 heteroatoms. The van der Waals surface area contributed by atoms with Gasteiger partial charge in [0, 0.05) is 25.2 Å². The third-order valence-electron chi connectivity index (χ3n) is 5.17. The van der Waals surface area contributed by atoms with Crippen LogP contribution in [-0.4, -0.2) is 36.7 Å². The lowest BCUT2D eigenvalue weighted by Crippen LogP contribution is -2.27. The van der Waals surface area contributed by atoms with Gasteiger partial charge in [-0.25, -0.2) is 17.8 Å². The van der Waals surface area contributed by atoms with E-state index in [4.69, 9.17) is 0 Å². The lowest BCUT2D eigenvalue weighted by molar-refractivity contribution is 0.0954. The lowest BCUT2D eigenvalue weighted by Gasteiger charge is -2.15. The van der Waals surface area contributed by atoms with Crippen LogP contribution in [0, 0.1) is 12.7 Å². The van der Waals surface area contributed by atoms with Gasteiger partial charge in [-0.15, -0.1) is 11.3 Å². The Balaban J connectivity index is 1.41. The number of halogens is 1. The molecule has 1 aromatic heterocycles. The van der Waals surface area contributed by atoms with Crippen LogP contribution in [0.5, 0.6) is 0 Å². The minimum absolute atomic E-state index is 0.253. The molecule has 2 heterocycles. The van der Waals surface area contributed by atoms with Crippen molar-refractivity contribution in [1.29, 1.82) is 0 Å². The average molecular weight is 460 g/mol. The second-order valence-corrected chi connectivity index (χ2v) is 10.3. The molecule has 1 saturated heterocycles. The van der Waals surface area contributed by atoms with Crippen LogP contribution in [0.1, 0.15) is 33.8 Å². The van der Waals surface area contributed by atoms with Crippen molar-refractivity contribution >= 4 is 27.3 Å². The SMILES string of the molecule is Cc1nc(-c2ccc(F)cc2)sc1C(=O)NCc1ccc(S(=O)(=O)N2CCCC2)cc1. The molecule has 0 saturated carbocycles. The fourth-order valence-electron chi connectivity index (χ4n) is 3.44. The van der Waals surface area contributed by atoms with Gasteiger partial charge in [0.1, 0.15) is 15.7 Å². The Morgan fingerprint density at radius 2 is 1.74 bits per heavy atom. The highest BCUT2D eigenvalue weighted by atomic mass is 32.2. The maximum atomic E-state index is 13.1. The number of sulfonamides is 1. The molecule has 1 fully saturated rings. The number of hydrogen-bond donors (Lipinski definition) is 1. The van der Waals surface area contributed by atoms with E-state index in [1.807, 2.05) is 0 Å². The summed E-state index contributed by atoms with van der Waals surface area (Å²) in [5, 5.41) is 3.51. The number of carbonyl (C=O) groups is 1. The molecule has 6 nitrogen and oxygen atoms in total. The number of aromatic nitrogens is 1. The van der Waals surface area contributed by atoms with Gasteiger partial charge in [-0.2, -0.15) is 4.31 Å². The Kier molecular flexibility index (Phi) is 6.17. The highest BCUT2D eigenvalue weighted by Crippen LogP contribution is 2.28. The number of benzene rings is 2. The van der Waals surface area contributed by atoms with Crippen molar-refractivity contribution in [1.82, 2.24) is 14.6 Å². The Bertz CT molecular complexity index is 1180. The maximum absolute atomic E-state index is 13.1. The topological polar surface area (TPSA) is 79.4 Å². The van der Waals surface area contributed by atoms with Crippen molar-refractivity contribution in [3.8, 4) is 10.6 Å². The van der Waals surface area contributed by atoms with E-state index in [9.17, 15) is 17.6 Å². The van der Waals surface area contributed by atoms with Crippen LogP contribution in [0.4, 0.5) is 4.39 Å². The molecule has 31 heavy (non-hydrogen) atoms. The normalized spacial score (nSPS) is 14.6. The zero-order valence-corrected chi connectivity index (χ0v) is 18.6. The second kappa shape index (κ2) is 8.86. The first-order valence-corrected chi connectivity index (χ1v) is 12.2. The van der Waals surface area contributed by atoms with E-state index >= 15 is 0 Å². The molecule has 0 unspecified atom stereocenters. The summed E-state index contributed by atoms with van der Waals surface area (Å²) in [6, 6.07) is 12.6. The predicted octanol–water partition coefficient (Wildman–Crippen LogP) is 3.97. The van der Waals surface area contributed by atoms with Gasteiger partial charge in [0.2, 0.25) is 10.0 Å². The molecule has 1 aliphatic heterocycles. The van der Waals surface area contributed by atoms with Crippen molar-refractivity contribution < 1.29 is 17.6 Å². The summed E-state index contributed by atoms with van der Waals surface area (Å²) in [6.07, 6.45) is 1.78. The van der Waals surface area contributed by atoms with Crippen LogP contribution in [-0.2, 0) is 16.6 Å². The van der Waals surface area contributed by atoms with Crippen LogP contribution >= 0.6 is 11.3 Å². The van der Waals surface area contributed by atoms with Crippen molar-refractivity contribution in [2.75, 3.05) is 13.1 Å². The zero-order valence-electron chi connectivity index (χ0n) is 17.0. The highest BCUT2D eigenvalue weighted by Gasteiger charge is 2.26. The number of rotatable bonds is 6. The van der Waals surface area contributed by atoms with Gasteiger partial charge in [0.15, 0.2) is 0 Å². The molecule has 0 atom stereocenters. The molecule has 0 aliphatic carbocycles. The summed E-state index contributed by atoms with van der Waals surface area (Å²) >= 11 is 1.25. The van der Waals surface area contributed by atoms with Crippen LogP contribution in [0.2, 0.25) is 0 Å². The minimum Gasteiger partial charge on any atom is -0.347 e. The predicted molar refractivity (Wildman–Crippen MR) is 118 cm³/mol. The summed E-state index contributed by atoms with van der Waals surface area (Å²) in [5.41, 5.74) is 2.16. The van der Waals surface area contributed by atoms with E-state index < -0.39 is 10.0 Å². The van der Waals surface area contributed by atoms with E-state index in [0.717, 1.165) is 24.0 Å². The fourth-order valence-corrected chi connectivity index (χ4v) is 5.95. The number of nitrogens with one attached hydrogen (secondary N) is 1. The van der Waals surface area contributed by atoms with Crippen LogP contribution in [0.25, 0.3) is 10.6 Å². The number of nitrogens with zero attached hydrogens (tertiary/aromatic N) is 2. The standard InChI is InChI=1S/C22H22FN3O3S2/c1-15-20(30-22(25-15)17-6-8-18(23)9-7-17)21(27)24-14-16-4-10-19(11-5-16)31(28,29)26-12-2-3-13-26/h4-11H,2-3,12-14H2,1H3,(H,24,27). The van der Waals surface area contributed by atoms with Gasteiger partial charge in [0.05, 0.1) is 10.6 Å². The first-order chi connectivity index (χ1) is 14.8. The van der Waals surface area contributed by atoms with Gasteiger partial charge in [0.25, 0.3) is 5.91 Å². The molecule has 4 rings (SSSR count). The molecule has 3 aromatic rings. The largest absolute Gasteiger partial charge is 0.347 e. The Hall–Kier alpha value is -2.62. The van der Waals surface area contributed by atoms with Gasteiger partial charge < -0.3 is 5.32 Å². The van der Waals surface area contributed by atoms with E-state index in [-0.39, 0.29) is 23.2 Å². The molecule has 0 radical (unpaired) electrons. The lowest BCUT2D eigenvalue weighted by atomic mass is 10.2. The van der Waals surface area contributed by atoms with Crippen molar-refractivity contribution in [3.63, 3.8) is 0 Å². The first kappa shape index (κ1) is 21.6. The third kappa shape index (κ3) is 4.68. The number of amides is 1. The second-order valence-electron chi connectivity index (χ2n) is 7.38. The zero-order chi connectivity index (χ0) is 22.0. The summed E-state index contributed by atoms with van der Waals surface area (Å²) in [7, 11) is -3.45. The number of aryl methyl sites for hydroxylation is 1. The molecular formula is C22H22FN3O3S2. The molecule has 162 valence electrons. The van der Waals surface area contributed by atoms with Crippen molar-refractivity contribution in [2.45, 2.75) is 31.2 Å². The Morgan fingerprint density at radius 1 is 1.10 bits per heavy atom. The molecule has 1 aliphatic rings. The highest BCUT2D eigenvalue weighted by molar-refractivity contribution is 7.89. The number of thiazole rings is 1. The quantitative estimate of drug-likeness (QED) is 0.605.